The van der Waals surface area contributed by atoms with Crippen LogP contribution < -0.4 is 0 Å². The number of imidazole rings is 1. The number of nitrogens with one attached hydrogen (secondary N) is 1. The van der Waals surface area contributed by atoms with E-state index in [4.69, 9.17) is 21.7 Å². The maximum Gasteiger partial charge on any atom is 0.178 e. The zero-order chi connectivity index (χ0) is 13.7. The molecular formula is C13H17FN2O2S. The molecule has 1 N–H and O–H groups in total. The second kappa shape index (κ2) is 6.79. The van der Waals surface area contributed by atoms with Crippen LogP contribution >= 0.6 is 12.2 Å². The average Bonchev–Trinajstić information content (AvgIpc) is 2.69. The monoisotopic (exact) mass is 284 g/mol. The van der Waals surface area contributed by atoms with E-state index >= 15 is 0 Å². The summed E-state index contributed by atoms with van der Waals surface area (Å²) in [6.07, 6.45) is 0.850. The predicted octanol–water partition coefficient (Wildman–Crippen LogP) is 2.89. The number of benzene rings is 1. The third-order valence-corrected chi connectivity index (χ3v) is 3.16. The highest BCUT2D eigenvalue weighted by molar-refractivity contribution is 7.71. The zero-order valence-corrected chi connectivity index (χ0v) is 11.6. The number of methoxy groups -OCH3 is 1. The van der Waals surface area contributed by atoms with Gasteiger partial charge >= 0.3 is 0 Å². The number of ether oxygens (including phenoxy) is 2. The number of H-pyrrole nitrogens is 1. The molecule has 0 amide bonds. The van der Waals surface area contributed by atoms with Crippen molar-refractivity contribution in [2.75, 3.05) is 26.9 Å². The van der Waals surface area contributed by atoms with E-state index in [1.165, 1.54) is 12.1 Å². The Morgan fingerprint density at radius 3 is 2.95 bits per heavy atom. The lowest BCUT2D eigenvalue weighted by Crippen LogP contribution is -2.06. The molecule has 2 aromatic rings. The Kier molecular flexibility index (Phi) is 5.07. The van der Waals surface area contributed by atoms with Gasteiger partial charge in [0, 0.05) is 20.3 Å². The van der Waals surface area contributed by atoms with E-state index in [2.05, 4.69) is 4.98 Å². The third kappa shape index (κ3) is 3.62. The summed E-state index contributed by atoms with van der Waals surface area (Å²) in [5.74, 6) is -0.265. The highest BCUT2D eigenvalue weighted by Gasteiger charge is 2.05. The molecule has 0 fully saturated rings. The number of aromatic amines is 1. The van der Waals surface area contributed by atoms with E-state index in [0.717, 1.165) is 24.0 Å². The van der Waals surface area contributed by atoms with E-state index in [-0.39, 0.29) is 5.82 Å². The highest BCUT2D eigenvalue weighted by atomic mass is 32.1. The quantitative estimate of drug-likeness (QED) is 0.627. The SMILES string of the molecule is COCCOCCCn1c(=S)[nH]c2cc(F)ccc21. The molecule has 0 saturated carbocycles. The maximum absolute atomic E-state index is 13.1. The van der Waals surface area contributed by atoms with Gasteiger partial charge in [-0.05, 0) is 36.8 Å². The summed E-state index contributed by atoms with van der Waals surface area (Å²) in [6, 6.07) is 4.63. The van der Waals surface area contributed by atoms with Crippen molar-refractivity contribution in [2.45, 2.75) is 13.0 Å². The Morgan fingerprint density at radius 2 is 2.16 bits per heavy atom. The Balaban J connectivity index is 1.97. The lowest BCUT2D eigenvalue weighted by Gasteiger charge is -2.05. The molecule has 0 bridgehead atoms. The Bertz CT molecular complexity index is 594. The molecule has 0 spiro atoms. The number of nitrogens with zero attached hydrogens (tertiary/aromatic N) is 1. The van der Waals surface area contributed by atoms with Gasteiger partial charge in [-0.1, -0.05) is 0 Å². The number of halogens is 1. The van der Waals surface area contributed by atoms with Crippen molar-refractivity contribution >= 4 is 23.3 Å². The average molecular weight is 284 g/mol. The van der Waals surface area contributed by atoms with Crippen molar-refractivity contribution in [3.05, 3.63) is 28.8 Å². The summed E-state index contributed by atoms with van der Waals surface area (Å²) in [5, 5.41) is 0. The molecule has 19 heavy (non-hydrogen) atoms. The molecule has 0 aliphatic heterocycles. The summed E-state index contributed by atoms with van der Waals surface area (Å²) in [4.78, 5) is 3.01. The van der Waals surface area contributed by atoms with Gasteiger partial charge in [-0.3, -0.25) is 0 Å². The van der Waals surface area contributed by atoms with Crippen LogP contribution in [0.15, 0.2) is 18.2 Å². The van der Waals surface area contributed by atoms with E-state index in [0.29, 0.717) is 24.6 Å². The molecule has 6 heteroatoms. The number of aromatic nitrogens is 2. The maximum atomic E-state index is 13.1. The molecule has 0 aliphatic carbocycles. The molecule has 0 atom stereocenters. The zero-order valence-electron chi connectivity index (χ0n) is 10.8. The van der Waals surface area contributed by atoms with E-state index < -0.39 is 0 Å². The van der Waals surface area contributed by atoms with Gasteiger partial charge in [0.25, 0.3) is 0 Å². The van der Waals surface area contributed by atoms with Gasteiger partial charge in [0.1, 0.15) is 5.82 Å². The van der Waals surface area contributed by atoms with Gasteiger partial charge in [-0.25, -0.2) is 4.39 Å². The number of rotatable bonds is 7. The van der Waals surface area contributed by atoms with Gasteiger partial charge < -0.3 is 19.0 Å². The molecule has 104 valence electrons. The summed E-state index contributed by atoms with van der Waals surface area (Å²) < 4.78 is 26.0. The van der Waals surface area contributed by atoms with Crippen molar-refractivity contribution < 1.29 is 13.9 Å². The van der Waals surface area contributed by atoms with E-state index in [1.54, 1.807) is 13.2 Å². The topological polar surface area (TPSA) is 39.2 Å². The van der Waals surface area contributed by atoms with Gasteiger partial charge in [-0.2, -0.15) is 0 Å². The van der Waals surface area contributed by atoms with Crippen LogP contribution in [0.1, 0.15) is 6.42 Å². The second-order valence-electron chi connectivity index (χ2n) is 4.20. The fraction of sp³-hybridized carbons (Fsp3) is 0.462. The standard InChI is InChI=1S/C13H17FN2O2S/c1-17-7-8-18-6-2-5-16-12-4-3-10(14)9-11(12)15-13(16)19/h3-4,9H,2,5-8H2,1H3,(H,15,19). The molecular weight excluding hydrogens is 267 g/mol. The van der Waals surface area contributed by atoms with E-state index in [1.807, 2.05) is 4.57 Å². The first-order valence-electron chi connectivity index (χ1n) is 6.17. The van der Waals surface area contributed by atoms with Crippen LogP contribution in [0.3, 0.4) is 0 Å². The first kappa shape index (κ1) is 14.2. The lowest BCUT2D eigenvalue weighted by molar-refractivity contribution is 0.0681. The minimum absolute atomic E-state index is 0.265. The fourth-order valence-electron chi connectivity index (χ4n) is 1.93. The predicted molar refractivity (Wildman–Crippen MR) is 74.4 cm³/mol. The summed E-state index contributed by atoms with van der Waals surface area (Å²) in [6.45, 7) is 2.60. The molecule has 0 radical (unpaired) electrons. The van der Waals surface area contributed by atoms with Crippen molar-refractivity contribution in [3.8, 4) is 0 Å². The molecule has 1 aromatic carbocycles. The van der Waals surface area contributed by atoms with Crippen LogP contribution in [-0.2, 0) is 16.0 Å². The van der Waals surface area contributed by atoms with Crippen molar-refractivity contribution in [1.29, 1.82) is 0 Å². The van der Waals surface area contributed by atoms with Crippen molar-refractivity contribution in [2.24, 2.45) is 0 Å². The van der Waals surface area contributed by atoms with Crippen LogP contribution in [0.4, 0.5) is 4.39 Å². The first-order valence-corrected chi connectivity index (χ1v) is 6.58. The van der Waals surface area contributed by atoms with Crippen LogP contribution in [0, 0.1) is 10.6 Å². The van der Waals surface area contributed by atoms with Crippen molar-refractivity contribution in [1.82, 2.24) is 9.55 Å². The van der Waals surface area contributed by atoms with Crippen LogP contribution in [0.2, 0.25) is 0 Å². The van der Waals surface area contributed by atoms with E-state index in [9.17, 15) is 4.39 Å². The minimum Gasteiger partial charge on any atom is -0.382 e. The van der Waals surface area contributed by atoms with Crippen molar-refractivity contribution in [3.63, 3.8) is 0 Å². The third-order valence-electron chi connectivity index (χ3n) is 2.84. The molecule has 1 aromatic heterocycles. The minimum atomic E-state index is -0.265. The largest absolute Gasteiger partial charge is 0.382 e. The summed E-state index contributed by atoms with van der Waals surface area (Å²) in [7, 11) is 1.65. The van der Waals surface area contributed by atoms with Crippen LogP contribution in [-0.4, -0.2) is 36.5 Å². The van der Waals surface area contributed by atoms with Gasteiger partial charge in [0.05, 0.1) is 24.2 Å². The molecule has 0 aliphatic rings. The summed E-state index contributed by atoms with van der Waals surface area (Å²) in [5.41, 5.74) is 1.65. The number of hydrogen-bond acceptors (Lipinski definition) is 3. The Hall–Kier alpha value is -1.24. The number of hydrogen-bond donors (Lipinski definition) is 1. The molecule has 4 nitrogen and oxygen atoms in total. The van der Waals surface area contributed by atoms with Gasteiger partial charge in [0.15, 0.2) is 4.77 Å². The normalized spacial score (nSPS) is 11.3. The number of fused-ring (bicyclic) bond motifs is 1. The molecule has 2 rings (SSSR count). The fourth-order valence-corrected chi connectivity index (χ4v) is 2.23. The summed E-state index contributed by atoms with van der Waals surface area (Å²) >= 11 is 5.24. The Morgan fingerprint density at radius 1 is 1.32 bits per heavy atom. The van der Waals surface area contributed by atoms with Gasteiger partial charge in [0.2, 0.25) is 0 Å². The first-order chi connectivity index (χ1) is 9.22. The van der Waals surface area contributed by atoms with Gasteiger partial charge in [-0.15, -0.1) is 0 Å². The molecule has 1 heterocycles. The highest BCUT2D eigenvalue weighted by Crippen LogP contribution is 2.15. The lowest BCUT2D eigenvalue weighted by atomic mass is 10.3. The number of aryl methyl sites for hydroxylation is 1. The Labute approximate surface area is 116 Å². The smallest absolute Gasteiger partial charge is 0.178 e. The van der Waals surface area contributed by atoms with Crippen LogP contribution in [0.25, 0.3) is 11.0 Å². The molecule has 0 unspecified atom stereocenters. The van der Waals surface area contributed by atoms with Crippen LogP contribution in [0.5, 0.6) is 0 Å². The second-order valence-corrected chi connectivity index (χ2v) is 4.59. The molecule has 0 saturated heterocycles.